The van der Waals surface area contributed by atoms with E-state index in [1.807, 2.05) is 0 Å². The molecule has 7 heteroatoms. The van der Waals surface area contributed by atoms with Gasteiger partial charge in [-0.05, 0) is 6.42 Å². The Kier molecular flexibility index (Phi) is 19.3. The van der Waals surface area contributed by atoms with Crippen molar-refractivity contribution < 1.29 is 27.9 Å². The van der Waals surface area contributed by atoms with Gasteiger partial charge in [-0.15, -0.1) is 0 Å². The van der Waals surface area contributed by atoms with Gasteiger partial charge in [-0.2, -0.15) is 8.42 Å². The highest BCUT2D eigenvalue weighted by molar-refractivity contribution is 7.86. The maximum absolute atomic E-state index is 11.1. The Hall–Kier alpha value is -0.210. The van der Waals surface area contributed by atoms with Gasteiger partial charge in [-0.25, -0.2) is 0 Å². The zero-order valence-electron chi connectivity index (χ0n) is 19.4. The molecule has 0 aliphatic rings. The van der Waals surface area contributed by atoms with Crippen molar-refractivity contribution in [2.24, 2.45) is 0 Å². The zero-order valence-corrected chi connectivity index (χ0v) is 20.3. The largest absolute Gasteiger partial charge is 0.394 e. The first-order valence-electron chi connectivity index (χ1n) is 12.2. The highest BCUT2D eigenvalue weighted by atomic mass is 32.2. The monoisotopic (exact) mass is 452 g/mol. The van der Waals surface area contributed by atoms with Crippen LogP contribution in [0.3, 0.4) is 0 Å². The molecule has 30 heavy (non-hydrogen) atoms. The smallest absolute Gasteiger partial charge is 0.264 e. The molecule has 0 heterocycles. The minimum Gasteiger partial charge on any atom is -0.394 e. The van der Waals surface area contributed by atoms with E-state index in [4.69, 9.17) is 5.11 Å². The third-order valence-corrected chi connectivity index (χ3v) is 6.20. The molecule has 0 radical (unpaired) electrons. The van der Waals surface area contributed by atoms with Gasteiger partial charge in [0.25, 0.3) is 10.1 Å². The summed E-state index contributed by atoms with van der Waals surface area (Å²) in [6, 6.07) is 0. The first-order valence-corrected chi connectivity index (χ1v) is 14.0. The molecule has 0 fully saturated rings. The van der Waals surface area contributed by atoms with Gasteiger partial charge >= 0.3 is 0 Å². The first kappa shape index (κ1) is 29.8. The number of aliphatic hydroxyl groups is 3. The third kappa shape index (κ3) is 18.6. The Labute approximate surface area is 185 Å². The topological polar surface area (TPSA) is 104 Å². The highest BCUT2D eigenvalue weighted by Crippen LogP contribution is 2.16. The van der Waals surface area contributed by atoms with E-state index >= 15 is 0 Å². The number of hydrogen-bond acceptors (Lipinski definition) is 6. The Morgan fingerprint density at radius 2 is 1.07 bits per heavy atom. The summed E-state index contributed by atoms with van der Waals surface area (Å²) in [6.45, 7) is 1.59. The fourth-order valence-electron chi connectivity index (χ4n) is 3.74. The van der Waals surface area contributed by atoms with Crippen molar-refractivity contribution in [3.8, 4) is 0 Å². The summed E-state index contributed by atoms with van der Waals surface area (Å²) >= 11 is 0. The molecule has 0 unspecified atom stereocenters. The van der Waals surface area contributed by atoms with Crippen LogP contribution in [0, 0.1) is 0 Å². The van der Waals surface area contributed by atoms with Crippen LogP contribution >= 0.6 is 0 Å². The molecule has 0 rings (SSSR count). The van der Waals surface area contributed by atoms with Gasteiger partial charge in [-0.1, -0.05) is 110 Å². The van der Waals surface area contributed by atoms with Crippen molar-refractivity contribution in [3.05, 3.63) is 0 Å². The summed E-state index contributed by atoms with van der Waals surface area (Å²) in [5, 5.41) is 29.1. The summed E-state index contributed by atoms with van der Waals surface area (Å²) in [7, 11) is -3.80. The van der Waals surface area contributed by atoms with E-state index in [9.17, 15) is 18.6 Å². The molecule has 0 aromatic carbocycles. The van der Waals surface area contributed by atoms with Crippen LogP contribution in [-0.2, 0) is 14.3 Å². The van der Waals surface area contributed by atoms with Crippen molar-refractivity contribution in [2.45, 2.75) is 134 Å². The van der Waals surface area contributed by atoms with E-state index in [-0.39, 0.29) is 0 Å². The van der Waals surface area contributed by atoms with Crippen LogP contribution in [0.15, 0.2) is 0 Å². The Morgan fingerprint density at radius 3 is 1.40 bits per heavy atom. The summed E-state index contributed by atoms with van der Waals surface area (Å²) in [4.78, 5) is 0. The summed E-state index contributed by atoms with van der Waals surface area (Å²) < 4.78 is 26.9. The molecule has 182 valence electrons. The molecule has 0 bridgehead atoms. The SMILES string of the molecule is CCCCCCCCCCCCCCCCCC[C@@H](O)[C@@H](O)[C@@H](CO)OS(C)(=O)=O. The zero-order chi connectivity index (χ0) is 22.7. The summed E-state index contributed by atoms with van der Waals surface area (Å²) in [5.41, 5.74) is 0. The van der Waals surface area contributed by atoms with Crippen molar-refractivity contribution in [2.75, 3.05) is 12.9 Å². The normalized spacial score (nSPS) is 15.2. The number of hydrogen-bond donors (Lipinski definition) is 3. The summed E-state index contributed by atoms with van der Waals surface area (Å²) in [6.07, 6.45) is 17.6. The Bertz CT molecular complexity index is 468. The molecule has 3 N–H and O–H groups in total. The van der Waals surface area contributed by atoms with E-state index in [1.165, 1.54) is 83.5 Å². The lowest BCUT2D eigenvalue weighted by Gasteiger charge is -2.24. The van der Waals surface area contributed by atoms with Crippen LogP contribution in [0.25, 0.3) is 0 Å². The molecule has 0 aliphatic carbocycles. The van der Waals surface area contributed by atoms with Crippen LogP contribution in [0.2, 0.25) is 0 Å². The number of rotatable bonds is 22. The van der Waals surface area contributed by atoms with Crippen LogP contribution < -0.4 is 0 Å². The second kappa shape index (κ2) is 19.5. The van der Waals surface area contributed by atoms with Gasteiger partial charge in [0.05, 0.1) is 19.0 Å². The molecule has 0 aliphatic heterocycles. The van der Waals surface area contributed by atoms with Crippen LogP contribution in [0.5, 0.6) is 0 Å². The molecule has 0 aromatic rings. The van der Waals surface area contributed by atoms with Crippen molar-refractivity contribution in [3.63, 3.8) is 0 Å². The predicted octanol–water partition coefficient (Wildman–Crippen LogP) is 4.70. The molecular formula is C23H48O6S. The number of unbranched alkanes of at least 4 members (excludes halogenated alkanes) is 15. The second-order valence-electron chi connectivity index (χ2n) is 8.67. The van der Waals surface area contributed by atoms with E-state index in [0.29, 0.717) is 6.42 Å². The Morgan fingerprint density at radius 1 is 0.700 bits per heavy atom. The third-order valence-electron chi connectivity index (χ3n) is 5.61. The summed E-state index contributed by atoms with van der Waals surface area (Å²) in [5.74, 6) is 0. The molecular weight excluding hydrogens is 404 g/mol. The minimum atomic E-state index is -3.80. The second-order valence-corrected chi connectivity index (χ2v) is 10.3. The minimum absolute atomic E-state index is 0.364. The van der Waals surface area contributed by atoms with Gasteiger partial charge in [0.2, 0.25) is 0 Å². The molecule has 0 saturated carbocycles. The van der Waals surface area contributed by atoms with Crippen LogP contribution in [0.4, 0.5) is 0 Å². The number of aliphatic hydroxyl groups excluding tert-OH is 3. The van der Waals surface area contributed by atoms with Gasteiger partial charge < -0.3 is 15.3 Å². The average molecular weight is 453 g/mol. The first-order chi connectivity index (χ1) is 14.3. The van der Waals surface area contributed by atoms with Crippen molar-refractivity contribution in [1.82, 2.24) is 0 Å². The fraction of sp³-hybridized carbons (Fsp3) is 1.00. The maximum Gasteiger partial charge on any atom is 0.264 e. The lowest BCUT2D eigenvalue weighted by Crippen LogP contribution is -2.42. The maximum atomic E-state index is 11.1. The van der Waals surface area contributed by atoms with Gasteiger partial charge in [0, 0.05) is 0 Å². The van der Waals surface area contributed by atoms with Gasteiger partial charge in [-0.3, -0.25) is 4.18 Å². The lowest BCUT2D eigenvalue weighted by molar-refractivity contribution is -0.0661. The molecule has 0 spiro atoms. The lowest BCUT2D eigenvalue weighted by atomic mass is 10.0. The Balaban J connectivity index is 3.50. The quantitative estimate of drug-likeness (QED) is 0.162. The molecule has 0 aromatic heterocycles. The van der Waals surface area contributed by atoms with Crippen LogP contribution in [0.1, 0.15) is 116 Å². The van der Waals surface area contributed by atoms with Gasteiger partial charge in [0.15, 0.2) is 0 Å². The predicted molar refractivity (Wildman–Crippen MR) is 123 cm³/mol. The van der Waals surface area contributed by atoms with E-state index in [2.05, 4.69) is 11.1 Å². The molecule has 3 atom stereocenters. The molecule has 0 saturated heterocycles. The molecule has 0 amide bonds. The fourth-order valence-corrected chi connectivity index (χ4v) is 4.36. The van der Waals surface area contributed by atoms with E-state index < -0.39 is 35.0 Å². The highest BCUT2D eigenvalue weighted by Gasteiger charge is 2.29. The van der Waals surface area contributed by atoms with Crippen molar-refractivity contribution >= 4 is 10.1 Å². The van der Waals surface area contributed by atoms with E-state index in [1.54, 1.807) is 0 Å². The van der Waals surface area contributed by atoms with E-state index in [0.717, 1.165) is 25.5 Å². The van der Waals surface area contributed by atoms with Gasteiger partial charge in [0.1, 0.15) is 12.2 Å². The van der Waals surface area contributed by atoms with Crippen molar-refractivity contribution in [1.29, 1.82) is 0 Å². The standard InChI is InChI=1S/C23H48O6S/c1-3-4-5-6-7-8-9-10-11-12-13-14-15-16-17-18-19-21(25)23(26)22(20-24)29-30(2,27)28/h21-26H,3-20H2,1-2H3/t21-,22-,23-/m1/s1. The average Bonchev–Trinajstić information content (AvgIpc) is 2.70. The van der Waals surface area contributed by atoms with Crippen LogP contribution in [-0.4, -0.2) is 54.9 Å². The molecule has 6 nitrogen and oxygen atoms in total.